The molecule has 35 heavy (non-hydrogen) atoms. The molecular weight excluding hydrogens is 495 g/mol. The number of benzene rings is 2. The molecule has 0 unspecified atom stereocenters. The molecule has 0 bridgehead atoms. The highest BCUT2D eigenvalue weighted by Crippen LogP contribution is 2.34. The SMILES string of the molecule is O=C(O)C(=O)O.OC1(c2cnc3ccccc3c2)CCN(CCCOc2ccc(Cl)cc2Cl)CC1. The molecule has 1 aliphatic rings. The number of carboxylic acid groups (broad SMARTS) is 2. The number of para-hydroxylation sites is 1. The smallest absolute Gasteiger partial charge is 0.414 e. The van der Waals surface area contributed by atoms with Gasteiger partial charge in [-0.3, -0.25) is 4.98 Å². The number of fused-ring (bicyclic) bond motifs is 1. The highest BCUT2D eigenvalue weighted by molar-refractivity contribution is 6.35. The maximum Gasteiger partial charge on any atom is 0.414 e. The standard InChI is InChI=1S/C23H24Cl2N2O2.C2H2O4/c24-19-6-7-22(20(25)15-19)29-13-3-10-27-11-8-23(28,9-12-27)18-14-17-4-1-2-5-21(17)26-16-18;3-1(4)2(5)6/h1-2,4-7,14-16,28H,3,8-13H2;(H,3,4)(H,5,6). The lowest BCUT2D eigenvalue weighted by Crippen LogP contribution is -2.43. The van der Waals surface area contributed by atoms with Gasteiger partial charge in [0.15, 0.2) is 0 Å². The number of rotatable bonds is 6. The van der Waals surface area contributed by atoms with Gasteiger partial charge < -0.3 is 25.0 Å². The van der Waals surface area contributed by atoms with Gasteiger partial charge in [0.2, 0.25) is 0 Å². The van der Waals surface area contributed by atoms with Crippen molar-refractivity contribution in [3.63, 3.8) is 0 Å². The van der Waals surface area contributed by atoms with Crippen molar-refractivity contribution in [2.75, 3.05) is 26.2 Å². The fraction of sp³-hybridized carbons (Fsp3) is 0.320. The third kappa shape index (κ3) is 7.53. The number of hydrogen-bond acceptors (Lipinski definition) is 6. The molecule has 2 heterocycles. The van der Waals surface area contributed by atoms with Crippen LogP contribution in [0.1, 0.15) is 24.8 Å². The van der Waals surface area contributed by atoms with Crippen LogP contribution in [0.5, 0.6) is 5.75 Å². The lowest BCUT2D eigenvalue weighted by molar-refractivity contribution is -0.159. The Balaban J connectivity index is 0.000000509. The second-order valence-electron chi connectivity index (χ2n) is 8.18. The maximum atomic E-state index is 11.2. The van der Waals surface area contributed by atoms with Crippen LogP contribution in [0.15, 0.2) is 54.7 Å². The van der Waals surface area contributed by atoms with E-state index < -0.39 is 17.5 Å². The highest BCUT2D eigenvalue weighted by Gasteiger charge is 2.34. The van der Waals surface area contributed by atoms with Crippen LogP contribution >= 0.6 is 23.2 Å². The lowest BCUT2D eigenvalue weighted by atomic mass is 9.85. The number of aliphatic carboxylic acids is 2. The van der Waals surface area contributed by atoms with Crippen molar-refractivity contribution in [3.05, 3.63) is 70.3 Å². The Labute approximate surface area is 212 Å². The third-order valence-corrected chi connectivity index (χ3v) is 6.29. The van der Waals surface area contributed by atoms with Crippen LogP contribution < -0.4 is 4.74 Å². The zero-order chi connectivity index (χ0) is 25.4. The topological polar surface area (TPSA) is 120 Å². The number of ether oxygens (including phenoxy) is 1. The predicted octanol–water partition coefficient (Wildman–Crippen LogP) is 4.45. The van der Waals surface area contributed by atoms with E-state index in [1.165, 1.54) is 0 Å². The predicted molar refractivity (Wildman–Crippen MR) is 133 cm³/mol. The Morgan fingerprint density at radius 3 is 2.37 bits per heavy atom. The van der Waals surface area contributed by atoms with Crippen LogP contribution in [0.4, 0.5) is 0 Å². The monoisotopic (exact) mass is 520 g/mol. The van der Waals surface area contributed by atoms with Gasteiger partial charge in [-0.25, -0.2) is 9.59 Å². The number of carbonyl (C=O) groups is 2. The molecular formula is C25H26Cl2N2O6. The summed E-state index contributed by atoms with van der Waals surface area (Å²) in [6.45, 7) is 3.23. The molecule has 0 aliphatic carbocycles. The average Bonchev–Trinajstić information content (AvgIpc) is 2.84. The normalized spacial score (nSPS) is 15.2. The Kier molecular flexibility index (Phi) is 9.28. The Bertz CT molecular complexity index is 1170. The first-order chi connectivity index (χ1) is 16.7. The molecule has 1 saturated heterocycles. The van der Waals surface area contributed by atoms with Crippen molar-refractivity contribution in [1.82, 2.24) is 9.88 Å². The Morgan fingerprint density at radius 1 is 1.03 bits per heavy atom. The van der Waals surface area contributed by atoms with E-state index in [4.69, 9.17) is 47.7 Å². The van der Waals surface area contributed by atoms with Gasteiger partial charge in [-0.05, 0) is 49.6 Å². The summed E-state index contributed by atoms with van der Waals surface area (Å²) in [5.74, 6) is -2.99. The zero-order valence-corrected chi connectivity index (χ0v) is 20.4. The van der Waals surface area contributed by atoms with Crippen molar-refractivity contribution in [3.8, 4) is 5.75 Å². The first-order valence-corrected chi connectivity index (χ1v) is 11.8. The molecule has 8 nitrogen and oxygen atoms in total. The number of aromatic nitrogens is 1. The number of likely N-dealkylation sites (tertiary alicyclic amines) is 1. The summed E-state index contributed by atoms with van der Waals surface area (Å²) in [6, 6.07) is 15.3. The van der Waals surface area contributed by atoms with Gasteiger partial charge in [-0.2, -0.15) is 0 Å². The summed E-state index contributed by atoms with van der Waals surface area (Å²) in [5.41, 5.74) is 1.07. The van der Waals surface area contributed by atoms with Crippen LogP contribution in [-0.2, 0) is 15.2 Å². The first kappa shape index (κ1) is 26.7. The summed E-state index contributed by atoms with van der Waals surface area (Å²) >= 11 is 12.0. The average molecular weight is 521 g/mol. The molecule has 0 atom stereocenters. The molecule has 1 aromatic heterocycles. The van der Waals surface area contributed by atoms with E-state index in [-0.39, 0.29) is 0 Å². The van der Waals surface area contributed by atoms with Crippen LogP contribution in [0, 0.1) is 0 Å². The molecule has 10 heteroatoms. The van der Waals surface area contributed by atoms with E-state index in [2.05, 4.69) is 16.0 Å². The third-order valence-electron chi connectivity index (χ3n) is 5.76. The molecule has 1 fully saturated rings. The molecule has 186 valence electrons. The second-order valence-corrected chi connectivity index (χ2v) is 9.02. The minimum atomic E-state index is -1.82. The van der Waals surface area contributed by atoms with Crippen molar-refractivity contribution in [2.45, 2.75) is 24.9 Å². The summed E-state index contributed by atoms with van der Waals surface area (Å²) in [7, 11) is 0. The van der Waals surface area contributed by atoms with Crippen LogP contribution in [0.3, 0.4) is 0 Å². The molecule has 3 N–H and O–H groups in total. The second kappa shape index (κ2) is 12.2. The van der Waals surface area contributed by atoms with E-state index in [9.17, 15) is 5.11 Å². The van der Waals surface area contributed by atoms with Crippen LogP contribution in [0.2, 0.25) is 10.0 Å². The molecule has 0 radical (unpaired) electrons. The minimum Gasteiger partial charge on any atom is -0.492 e. The molecule has 3 aromatic rings. The number of hydrogen-bond donors (Lipinski definition) is 3. The van der Waals surface area contributed by atoms with Gasteiger partial charge in [0.25, 0.3) is 0 Å². The van der Waals surface area contributed by atoms with Crippen molar-refractivity contribution in [1.29, 1.82) is 0 Å². The fourth-order valence-electron chi connectivity index (χ4n) is 3.82. The first-order valence-electron chi connectivity index (χ1n) is 11.0. The number of aliphatic hydroxyl groups is 1. The number of halogens is 2. The van der Waals surface area contributed by atoms with Gasteiger partial charge in [0, 0.05) is 41.8 Å². The van der Waals surface area contributed by atoms with E-state index in [1.807, 2.05) is 30.5 Å². The number of nitrogens with zero attached hydrogens (tertiary/aromatic N) is 2. The molecule has 4 rings (SSSR count). The summed E-state index contributed by atoms with van der Waals surface area (Å²) in [4.78, 5) is 25.1. The fourth-order valence-corrected chi connectivity index (χ4v) is 4.29. The van der Waals surface area contributed by atoms with E-state index in [0.717, 1.165) is 42.5 Å². The quantitative estimate of drug-likeness (QED) is 0.322. The van der Waals surface area contributed by atoms with E-state index >= 15 is 0 Å². The van der Waals surface area contributed by atoms with Crippen molar-refractivity contribution < 1.29 is 29.6 Å². The summed E-state index contributed by atoms with van der Waals surface area (Å²) in [5, 5.41) is 28.2. The van der Waals surface area contributed by atoms with E-state index in [0.29, 0.717) is 35.2 Å². The maximum absolute atomic E-state index is 11.2. The molecule has 1 aliphatic heterocycles. The number of pyridine rings is 1. The van der Waals surface area contributed by atoms with Gasteiger partial charge in [0.05, 0.1) is 22.7 Å². The molecule has 2 aromatic carbocycles. The Hall–Kier alpha value is -2.91. The van der Waals surface area contributed by atoms with Crippen LogP contribution in [-0.4, -0.2) is 63.4 Å². The molecule has 0 spiro atoms. The molecule has 0 amide bonds. The molecule has 0 saturated carbocycles. The van der Waals surface area contributed by atoms with Crippen LogP contribution in [0.25, 0.3) is 10.9 Å². The summed E-state index contributed by atoms with van der Waals surface area (Å²) < 4.78 is 5.76. The van der Waals surface area contributed by atoms with Gasteiger partial charge in [0.1, 0.15) is 5.75 Å². The number of carboxylic acids is 2. The van der Waals surface area contributed by atoms with Gasteiger partial charge >= 0.3 is 11.9 Å². The zero-order valence-electron chi connectivity index (χ0n) is 18.9. The van der Waals surface area contributed by atoms with Crippen molar-refractivity contribution in [2.24, 2.45) is 0 Å². The number of piperidine rings is 1. The van der Waals surface area contributed by atoms with Crippen molar-refractivity contribution >= 4 is 46.0 Å². The minimum absolute atomic E-state index is 0.532. The lowest BCUT2D eigenvalue weighted by Gasteiger charge is -2.38. The van der Waals surface area contributed by atoms with Gasteiger partial charge in [-0.15, -0.1) is 0 Å². The summed E-state index contributed by atoms with van der Waals surface area (Å²) in [6.07, 6.45) is 4.13. The Morgan fingerprint density at radius 2 is 1.71 bits per heavy atom. The van der Waals surface area contributed by atoms with E-state index in [1.54, 1.807) is 18.2 Å². The van der Waals surface area contributed by atoms with Gasteiger partial charge in [-0.1, -0.05) is 41.4 Å². The highest BCUT2D eigenvalue weighted by atomic mass is 35.5. The largest absolute Gasteiger partial charge is 0.492 e.